The molecule has 166 valence electrons. The topological polar surface area (TPSA) is 74.7 Å². The van der Waals surface area contributed by atoms with Gasteiger partial charge in [0.2, 0.25) is 10.0 Å². The number of carboxylic acid groups (broad SMARTS) is 1. The molecule has 4 rings (SSSR count). The van der Waals surface area contributed by atoms with Crippen LogP contribution in [-0.4, -0.2) is 31.6 Å². The van der Waals surface area contributed by atoms with Crippen LogP contribution in [0.2, 0.25) is 0 Å². The van der Waals surface area contributed by atoms with Crippen molar-refractivity contribution in [3.8, 4) is 0 Å². The Morgan fingerprint density at radius 2 is 1.70 bits per heavy atom. The summed E-state index contributed by atoms with van der Waals surface area (Å²) in [5, 5.41) is 10.0. The van der Waals surface area contributed by atoms with E-state index >= 15 is 0 Å². The van der Waals surface area contributed by atoms with E-state index in [4.69, 9.17) is 7.85 Å². The van der Waals surface area contributed by atoms with Crippen LogP contribution in [0.15, 0.2) is 93.8 Å². The van der Waals surface area contributed by atoms with Gasteiger partial charge in [-0.15, -0.1) is 0 Å². The minimum absolute atomic E-state index is 0.0175. The fourth-order valence-electron chi connectivity index (χ4n) is 4.17. The highest BCUT2D eigenvalue weighted by molar-refractivity contribution is 9.10. The summed E-state index contributed by atoms with van der Waals surface area (Å²) in [7, 11) is 1.91. The fourth-order valence-corrected chi connectivity index (χ4v) is 6.36. The van der Waals surface area contributed by atoms with Crippen molar-refractivity contribution in [3.05, 3.63) is 106 Å². The number of sulfonamides is 1. The van der Waals surface area contributed by atoms with Crippen LogP contribution in [-0.2, 0) is 14.8 Å². The summed E-state index contributed by atoms with van der Waals surface area (Å²) in [5.74, 6) is -1.16. The van der Waals surface area contributed by atoms with E-state index in [1.165, 1.54) is 4.31 Å². The van der Waals surface area contributed by atoms with E-state index in [0.717, 1.165) is 10.0 Å². The highest BCUT2D eigenvalue weighted by atomic mass is 79.9. The van der Waals surface area contributed by atoms with E-state index in [1.54, 1.807) is 66.7 Å². The molecule has 2 radical (unpaired) electrons. The van der Waals surface area contributed by atoms with E-state index in [-0.39, 0.29) is 16.9 Å². The van der Waals surface area contributed by atoms with Crippen molar-refractivity contribution < 1.29 is 18.3 Å². The van der Waals surface area contributed by atoms with Gasteiger partial charge in [-0.3, -0.25) is 0 Å². The third-order valence-electron chi connectivity index (χ3n) is 5.72. The molecule has 1 aliphatic heterocycles. The highest BCUT2D eigenvalue weighted by Crippen LogP contribution is 2.45. The van der Waals surface area contributed by atoms with Crippen molar-refractivity contribution in [2.45, 2.75) is 30.3 Å². The monoisotopic (exact) mass is 521 g/mol. The summed E-state index contributed by atoms with van der Waals surface area (Å²) >= 11 is 3.43. The molecule has 0 spiro atoms. The number of aliphatic carboxylic acids is 1. The maximum Gasteiger partial charge on any atom is 0.333 e. The van der Waals surface area contributed by atoms with E-state index in [0.29, 0.717) is 16.6 Å². The predicted octanol–water partition coefficient (Wildman–Crippen LogP) is 4.44. The lowest BCUT2D eigenvalue weighted by atomic mass is 9.87. The summed E-state index contributed by atoms with van der Waals surface area (Å²) in [5.41, 5.74) is 2.71. The van der Waals surface area contributed by atoms with E-state index in [2.05, 4.69) is 15.9 Å². The average Bonchev–Trinajstić information content (AvgIpc) is 2.78. The van der Waals surface area contributed by atoms with Crippen molar-refractivity contribution in [1.82, 2.24) is 4.31 Å². The van der Waals surface area contributed by atoms with E-state index < -0.39 is 28.1 Å². The highest BCUT2D eigenvalue weighted by Gasteiger charge is 2.44. The van der Waals surface area contributed by atoms with Crippen molar-refractivity contribution in [2.75, 3.05) is 0 Å². The lowest BCUT2D eigenvalue weighted by Gasteiger charge is -2.40. The largest absolute Gasteiger partial charge is 0.478 e. The molecule has 3 aromatic rings. The Morgan fingerprint density at radius 1 is 1.03 bits per heavy atom. The number of halogens is 1. The molecular weight excluding hydrogens is 501 g/mol. The summed E-state index contributed by atoms with van der Waals surface area (Å²) in [6.45, 7) is 1.88. The summed E-state index contributed by atoms with van der Waals surface area (Å²) in [6.07, 6.45) is 1.82. The van der Waals surface area contributed by atoms with Gasteiger partial charge < -0.3 is 5.11 Å². The van der Waals surface area contributed by atoms with Crippen LogP contribution in [0.4, 0.5) is 0 Å². The number of carboxylic acids is 1. The second kappa shape index (κ2) is 9.29. The summed E-state index contributed by atoms with van der Waals surface area (Å²) in [4.78, 5) is 12.4. The second-order valence-electron chi connectivity index (χ2n) is 7.99. The molecular formula is C25H21BBrNO4S. The average molecular weight is 522 g/mol. The second-order valence-corrected chi connectivity index (χ2v) is 10.8. The molecule has 2 unspecified atom stereocenters. The number of rotatable bonds is 5. The number of aryl methyl sites for hydroxylation is 1. The van der Waals surface area contributed by atoms with Gasteiger partial charge in [-0.05, 0) is 48.7 Å². The first kappa shape index (κ1) is 23.5. The van der Waals surface area contributed by atoms with Gasteiger partial charge in [-0.25, -0.2) is 13.2 Å². The van der Waals surface area contributed by atoms with Crippen LogP contribution in [0.1, 0.15) is 35.2 Å². The normalized spacial score (nSPS) is 19.2. The van der Waals surface area contributed by atoms with E-state index in [9.17, 15) is 18.3 Å². The zero-order valence-electron chi connectivity index (χ0n) is 17.9. The minimum Gasteiger partial charge on any atom is -0.478 e. The van der Waals surface area contributed by atoms with Crippen molar-refractivity contribution in [3.63, 3.8) is 0 Å². The maximum absolute atomic E-state index is 14.1. The van der Waals surface area contributed by atoms with Gasteiger partial charge in [0.25, 0.3) is 0 Å². The number of hydrogen-bond donors (Lipinski definition) is 1. The zero-order chi connectivity index (χ0) is 23.8. The van der Waals surface area contributed by atoms with Crippen LogP contribution >= 0.6 is 15.9 Å². The van der Waals surface area contributed by atoms with Crippen LogP contribution in [0, 0.1) is 6.92 Å². The Kier molecular flexibility index (Phi) is 6.61. The first-order valence-corrected chi connectivity index (χ1v) is 12.6. The summed E-state index contributed by atoms with van der Waals surface area (Å²) < 4.78 is 30.2. The Bertz CT molecular complexity index is 1340. The van der Waals surface area contributed by atoms with Gasteiger partial charge in [-0.2, -0.15) is 4.31 Å². The molecule has 1 aliphatic rings. The molecule has 2 atom stereocenters. The molecule has 1 N–H and O–H groups in total. The maximum atomic E-state index is 14.1. The first-order chi connectivity index (χ1) is 15.7. The standard InChI is InChI=1S/C25H21BBrNO4S/c1-16-8-10-21(11-9-16)33(31,32)28-23(17-4-2-6-19(26)14-17)13-12-22(25(29)30)24(28)18-5-3-7-20(27)15-18/h2-12,14-15,23-24H,13H2,1H3,(H,29,30). The number of carbonyl (C=O) groups is 1. The Labute approximate surface area is 203 Å². The Morgan fingerprint density at radius 3 is 2.33 bits per heavy atom. The lowest BCUT2D eigenvalue weighted by Crippen LogP contribution is -2.42. The SMILES string of the molecule is [B]c1cccc(C2CC=C(C(=O)O)C(c3cccc(Br)c3)N2S(=O)(=O)c2ccc(C)cc2)c1. The molecule has 0 amide bonds. The van der Waals surface area contributed by atoms with Gasteiger partial charge in [0.1, 0.15) is 7.85 Å². The lowest BCUT2D eigenvalue weighted by molar-refractivity contribution is -0.133. The van der Waals surface area contributed by atoms with Crippen molar-refractivity contribution in [2.24, 2.45) is 0 Å². The molecule has 5 nitrogen and oxygen atoms in total. The Hall–Kier alpha value is -2.68. The first-order valence-electron chi connectivity index (χ1n) is 10.3. The molecule has 0 fully saturated rings. The molecule has 33 heavy (non-hydrogen) atoms. The molecule has 0 aliphatic carbocycles. The third kappa shape index (κ3) is 4.69. The number of nitrogens with zero attached hydrogens (tertiary/aromatic N) is 1. The quantitative estimate of drug-likeness (QED) is 0.504. The van der Waals surface area contributed by atoms with E-state index in [1.807, 2.05) is 19.1 Å². The fraction of sp³-hybridized carbons (Fsp3) is 0.160. The zero-order valence-corrected chi connectivity index (χ0v) is 20.3. The van der Waals surface area contributed by atoms with Crippen molar-refractivity contribution >= 4 is 45.2 Å². The molecule has 0 bridgehead atoms. The minimum atomic E-state index is -4.09. The molecule has 0 saturated heterocycles. The molecule has 8 heteroatoms. The summed E-state index contributed by atoms with van der Waals surface area (Å²) in [6, 6.07) is 19.0. The molecule has 1 heterocycles. The molecule has 3 aromatic carbocycles. The molecule has 0 saturated carbocycles. The number of benzene rings is 3. The van der Waals surface area contributed by atoms with Gasteiger partial charge in [-0.1, -0.05) is 81.6 Å². The van der Waals surface area contributed by atoms with Gasteiger partial charge >= 0.3 is 5.97 Å². The van der Waals surface area contributed by atoms with Gasteiger partial charge in [0, 0.05) is 4.47 Å². The molecule has 0 aromatic heterocycles. The van der Waals surface area contributed by atoms with Crippen molar-refractivity contribution in [1.29, 1.82) is 0 Å². The van der Waals surface area contributed by atoms with Crippen LogP contribution < -0.4 is 5.46 Å². The van der Waals surface area contributed by atoms with Gasteiger partial charge in [0.15, 0.2) is 0 Å². The smallest absolute Gasteiger partial charge is 0.333 e. The predicted molar refractivity (Wildman–Crippen MR) is 132 cm³/mol. The van der Waals surface area contributed by atoms with Gasteiger partial charge in [0.05, 0.1) is 22.6 Å². The van der Waals surface area contributed by atoms with Crippen LogP contribution in [0.5, 0.6) is 0 Å². The van der Waals surface area contributed by atoms with Crippen LogP contribution in [0.3, 0.4) is 0 Å². The number of hydrogen-bond acceptors (Lipinski definition) is 3. The van der Waals surface area contributed by atoms with Crippen LogP contribution in [0.25, 0.3) is 0 Å². The Balaban J connectivity index is 1.98. The third-order valence-corrected chi connectivity index (χ3v) is 8.10.